The van der Waals surface area contributed by atoms with Gasteiger partial charge in [-0.1, -0.05) is 37.9 Å². The average molecular weight is 265 g/mol. The molecule has 1 aromatic heterocycles. The van der Waals surface area contributed by atoms with Gasteiger partial charge in [-0.3, -0.25) is 4.98 Å². The van der Waals surface area contributed by atoms with Crippen LogP contribution in [0.4, 0.5) is 0 Å². The molecule has 1 fully saturated rings. The van der Waals surface area contributed by atoms with E-state index < -0.39 is 0 Å². The molecule has 2 atom stereocenters. The van der Waals surface area contributed by atoms with Crippen molar-refractivity contribution in [1.82, 2.24) is 15.3 Å². The molecule has 0 radical (unpaired) electrons. The number of hydrogen-bond donors (Lipinski definition) is 1. The summed E-state index contributed by atoms with van der Waals surface area (Å²) < 4.78 is 0. The fourth-order valence-corrected chi connectivity index (χ4v) is 3.71. The van der Waals surface area contributed by atoms with Crippen molar-refractivity contribution >= 4 is 11.8 Å². The van der Waals surface area contributed by atoms with Crippen LogP contribution in [0, 0.1) is 0 Å². The molecule has 0 saturated heterocycles. The third kappa shape index (κ3) is 4.25. The second-order valence-electron chi connectivity index (χ2n) is 4.90. The van der Waals surface area contributed by atoms with Crippen molar-refractivity contribution in [2.75, 3.05) is 6.54 Å². The summed E-state index contributed by atoms with van der Waals surface area (Å²) in [6, 6.07) is 0.638. The molecule has 100 valence electrons. The van der Waals surface area contributed by atoms with Crippen LogP contribution in [0.1, 0.15) is 45.4 Å². The molecule has 2 rings (SSSR count). The molecule has 0 spiro atoms. The van der Waals surface area contributed by atoms with E-state index in [1.807, 2.05) is 18.0 Å². The van der Waals surface area contributed by atoms with Gasteiger partial charge < -0.3 is 5.32 Å². The molecule has 1 aliphatic rings. The second-order valence-corrected chi connectivity index (χ2v) is 6.16. The SMILES string of the molecule is CCCNC1CCCCCC1Sc1cnccn1. The molecule has 1 N–H and O–H groups in total. The van der Waals surface area contributed by atoms with Crippen molar-refractivity contribution in [3.05, 3.63) is 18.6 Å². The van der Waals surface area contributed by atoms with Gasteiger partial charge in [-0.25, -0.2) is 4.98 Å². The fourth-order valence-electron chi connectivity index (χ4n) is 2.48. The van der Waals surface area contributed by atoms with E-state index in [-0.39, 0.29) is 0 Å². The lowest BCUT2D eigenvalue weighted by Gasteiger charge is -2.25. The highest BCUT2D eigenvalue weighted by Gasteiger charge is 2.24. The maximum Gasteiger partial charge on any atom is 0.115 e. The van der Waals surface area contributed by atoms with Crippen LogP contribution in [0.5, 0.6) is 0 Å². The van der Waals surface area contributed by atoms with Gasteiger partial charge in [-0.2, -0.15) is 0 Å². The lowest BCUT2D eigenvalue weighted by molar-refractivity contribution is 0.469. The van der Waals surface area contributed by atoms with E-state index in [2.05, 4.69) is 22.2 Å². The molecule has 3 nitrogen and oxygen atoms in total. The first-order valence-electron chi connectivity index (χ1n) is 7.06. The third-order valence-corrected chi connectivity index (χ3v) is 4.74. The zero-order valence-electron chi connectivity index (χ0n) is 11.1. The summed E-state index contributed by atoms with van der Waals surface area (Å²) in [6.45, 7) is 3.36. The van der Waals surface area contributed by atoms with Gasteiger partial charge >= 0.3 is 0 Å². The summed E-state index contributed by atoms with van der Waals surface area (Å²) in [6.07, 6.45) is 13.3. The summed E-state index contributed by atoms with van der Waals surface area (Å²) >= 11 is 1.90. The Bertz CT molecular complexity index is 331. The number of nitrogens with zero attached hydrogens (tertiary/aromatic N) is 2. The van der Waals surface area contributed by atoms with Crippen LogP contribution in [0.3, 0.4) is 0 Å². The molecule has 18 heavy (non-hydrogen) atoms. The Morgan fingerprint density at radius 3 is 2.94 bits per heavy atom. The van der Waals surface area contributed by atoms with Crippen LogP contribution in [-0.4, -0.2) is 27.8 Å². The predicted molar refractivity (Wildman–Crippen MR) is 76.8 cm³/mol. The summed E-state index contributed by atoms with van der Waals surface area (Å²) in [5.41, 5.74) is 0. The van der Waals surface area contributed by atoms with Gasteiger partial charge in [-0.05, 0) is 25.8 Å². The van der Waals surface area contributed by atoms with Crippen molar-refractivity contribution in [3.8, 4) is 0 Å². The van der Waals surface area contributed by atoms with Crippen LogP contribution in [0.25, 0.3) is 0 Å². The molecule has 4 heteroatoms. The Morgan fingerprint density at radius 1 is 1.28 bits per heavy atom. The van der Waals surface area contributed by atoms with Crippen LogP contribution in [0.2, 0.25) is 0 Å². The van der Waals surface area contributed by atoms with Gasteiger partial charge in [-0.15, -0.1) is 0 Å². The quantitative estimate of drug-likeness (QED) is 0.829. The van der Waals surface area contributed by atoms with E-state index in [1.165, 1.54) is 38.5 Å². The molecule has 1 saturated carbocycles. The van der Waals surface area contributed by atoms with Gasteiger partial charge in [0.1, 0.15) is 5.03 Å². The topological polar surface area (TPSA) is 37.8 Å². The molecule has 0 aliphatic heterocycles. The number of thioether (sulfide) groups is 1. The van der Waals surface area contributed by atoms with Crippen molar-refractivity contribution in [1.29, 1.82) is 0 Å². The van der Waals surface area contributed by atoms with Crippen LogP contribution < -0.4 is 5.32 Å². The minimum absolute atomic E-state index is 0.638. The number of nitrogens with one attached hydrogen (secondary N) is 1. The molecular weight excluding hydrogens is 242 g/mol. The molecule has 0 amide bonds. The molecule has 1 aliphatic carbocycles. The van der Waals surface area contributed by atoms with E-state index in [0.29, 0.717) is 11.3 Å². The highest BCUT2D eigenvalue weighted by atomic mass is 32.2. The first-order chi connectivity index (χ1) is 8.90. The largest absolute Gasteiger partial charge is 0.313 e. The van der Waals surface area contributed by atoms with Crippen LogP contribution in [0.15, 0.2) is 23.6 Å². The predicted octanol–water partition coefficient (Wildman–Crippen LogP) is 3.27. The lowest BCUT2D eigenvalue weighted by Crippen LogP contribution is -2.37. The molecule has 0 aromatic carbocycles. The van der Waals surface area contributed by atoms with Crippen LogP contribution >= 0.6 is 11.8 Å². The third-order valence-electron chi connectivity index (χ3n) is 3.42. The van der Waals surface area contributed by atoms with Gasteiger partial charge in [0, 0.05) is 23.7 Å². The normalized spacial score (nSPS) is 24.7. The Labute approximate surface area is 114 Å². The minimum Gasteiger partial charge on any atom is -0.313 e. The molecule has 1 aromatic rings. The number of hydrogen-bond acceptors (Lipinski definition) is 4. The van der Waals surface area contributed by atoms with Crippen molar-refractivity contribution < 1.29 is 0 Å². The summed E-state index contributed by atoms with van der Waals surface area (Å²) in [5.74, 6) is 0. The van der Waals surface area contributed by atoms with Gasteiger partial charge in [0.2, 0.25) is 0 Å². The highest BCUT2D eigenvalue weighted by molar-refractivity contribution is 7.99. The maximum atomic E-state index is 4.39. The second kappa shape index (κ2) is 7.74. The Kier molecular flexibility index (Phi) is 5.94. The monoisotopic (exact) mass is 265 g/mol. The smallest absolute Gasteiger partial charge is 0.115 e. The van der Waals surface area contributed by atoms with Crippen molar-refractivity contribution in [2.24, 2.45) is 0 Å². The zero-order valence-corrected chi connectivity index (χ0v) is 12.0. The van der Waals surface area contributed by atoms with E-state index in [4.69, 9.17) is 0 Å². The van der Waals surface area contributed by atoms with Crippen molar-refractivity contribution in [2.45, 2.75) is 61.8 Å². The minimum atomic E-state index is 0.638. The van der Waals surface area contributed by atoms with Crippen LogP contribution in [-0.2, 0) is 0 Å². The lowest BCUT2D eigenvalue weighted by atomic mass is 10.1. The summed E-state index contributed by atoms with van der Waals surface area (Å²) in [5, 5.41) is 5.42. The first kappa shape index (κ1) is 13.8. The van der Waals surface area contributed by atoms with Crippen molar-refractivity contribution in [3.63, 3.8) is 0 Å². The fraction of sp³-hybridized carbons (Fsp3) is 0.714. The Hall–Kier alpha value is -0.610. The van der Waals surface area contributed by atoms with Gasteiger partial charge in [0.15, 0.2) is 0 Å². The Morgan fingerprint density at radius 2 is 2.17 bits per heavy atom. The number of aromatic nitrogens is 2. The van der Waals surface area contributed by atoms with Gasteiger partial charge in [0.05, 0.1) is 6.20 Å². The standard InChI is InChI=1S/C14H23N3S/c1-2-8-16-12-6-4-3-5-7-13(12)18-14-11-15-9-10-17-14/h9-13,16H,2-8H2,1H3. The zero-order chi connectivity index (χ0) is 12.6. The Balaban J connectivity index is 1.96. The van der Waals surface area contributed by atoms with E-state index in [0.717, 1.165) is 11.6 Å². The summed E-state index contributed by atoms with van der Waals surface area (Å²) in [7, 11) is 0. The van der Waals surface area contributed by atoms with E-state index in [1.54, 1.807) is 12.4 Å². The van der Waals surface area contributed by atoms with E-state index >= 15 is 0 Å². The highest BCUT2D eigenvalue weighted by Crippen LogP contribution is 2.31. The van der Waals surface area contributed by atoms with E-state index in [9.17, 15) is 0 Å². The molecule has 2 unspecified atom stereocenters. The molecule has 1 heterocycles. The molecular formula is C14H23N3S. The van der Waals surface area contributed by atoms with Gasteiger partial charge in [0.25, 0.3) is 0 Å². The molecule has 0 bridgehead atoms. The summed E-state index contributed by atoms with van der Waals surface area (Å²) in [4.78, 5) is 8.55. The maximum absolute atomic E-state index is 4.39. The first-order valence-corrected chi connectivity index (χ1v) is 7.94. The number of rotatable bonds is 5. The average Bonchev–Trinajstić information content (AvgIpc) is 2.63.